The second-order valence-electron chi connectivity index (χ2n) is 4.97. The standard InChI is InChI=1S/C14H20N2O2/c1-18-12-5-2-4-11(8-12)13(17)16-10-14(9-15)6-3-7-14/h2,4-5,8H,3,6-7,9-10,15H2,1H3,(H,16,17). The molecule has 0 unspecified atom stereocenters. The molecule has 0 spiro atoms. The zero-order valence-electron chi connectivity index (χ0n) is 10.7. The van der Waals surface area contributed by atoms with Crippen molar-refractivity contribution in [2.75, 3.05) is 20.2 Å². The van der Waals surface area contributed by atoms with Gasteiger partial charge in [-0.05, 0) is 43.0 Å². The molecular formula is C14H20N2O2. The Morgan fingerprint density at radius 3 is 2.83 bits per heavy atom. The lowest BCUT2D eigenvalue weighted by atomic mass is 9.69. The van der Waals surface area contributed by atoms with E-state index in [0.29, 0.717) is 24.4 Å². The van der Waals surface area contributed by atoms with Crippen molar-refractivity contribution in [3.8, 4) is 5.75 Å². The lowest BCUT2D eigenvalue weighted by molar-refractivity contribution is 0.0876. The molecule has 98 valence electrons. The summed E-state index contributed by atoms with van der Waals surface area (Å²) in [5, 5.41) is 2.97. The number of hydrogen-bond acceptors (Lipinski definition) is 3. The number of hydrogen-bond donors (Lipinski definition) is 2. The fourth-order valence-corrected chi connectivity index (χ4v) is 2.26. The molecule has 1 aromatic carbocycles. The van der Waals surface area contributed by atoms with Crippen LogP contribution >= 0.6 is 0 Å². The molecule has 4 heteroatoms. The van der Waals surface area contributed by atoms with Crippen molar-refractivity contribution in [2.24, 2.45) is 11.1 Å². The van der Waals surface area contributed by atoms with Gasteiger partial charge < -0.3 is 15.8 Å². The van der Waals surface area contributed by atoms with Crippen LogP contribution in [-0.4, -0.2) is 26.1 Å². The van der Waals surface area contributed by atoms with Gasteiger partial charge in [-0.15, -0.1) is 0 Å². The zero-order valence-corrected chi connectivity index (χ0v) is 10.7. The second kappa shape index (κ2) is 5.40. The van der Waals surface area contributed by atoms with E-state index in [2.05, 4.69) is 5.32 Å². The van der Waals surface area contributed by atoms with Gasteiger partial charge >= 0.3 is 0 Å². The van der Waals surface area contributed by atoms with Gasteiger partial charge in [0.15, 0.2) is 0 Å². The highest BCUT2D eigenvalue weighted by atomic mass is 16.5. The third-order valence-corrected chi connectivity index (χ3v) is 3.80. The van der Waals surface area contributed by atoms with Gasteiger partial charge in [0.2, 0.25) is 0 Å². The molecule has 0 aliphatic heterocycles. The number of carbonyl (C=O) groups excluding carboxylic acids is 1. The van der Waals surface area contributed by atoms with Gasteiger partial charge in [0, 0.05) is 12.1 Å². The highest BCUT2D eigenvalue weighted by Gasteiger charge is 2.35. The van der Waals surface area contributed by atoms with Crippen molar-refractivity contribution in [1.82, 2.24) is 5.32 Å². The molecule has 0 bridgehead atoms. The molecule has 2 rings (SSSR count). The Hall–Kier alpha value is -1.55. The van der Waals surface area contributed by atoms with E-state index in [1.165, 1.54) is 6.42 Å². The fourth-order valence-electron chi connectivity index (χ4n) is 2.26. The molecule has 0 aromatic heterocycles. The molecular weight excluding hydrogens is 228 g/mol. The summed E-state index contributed by atoms with van der Waals surface area (Å²) in [6.45, 7) is 1.31. The van der Waals surface area contributed by atoms with E-state index in [1.54, 1.807) is 19.2 Å². The number of methoxy groups -OCH3 is 1. The molecule has 1 fully saturated rings. The minimum atomic E-state index is -0.0615. The smallest absolute Gasteiger partial charge is 0.251 e. The Morgan fingerprint density at radius 1 is 1.50 bits per heavy atom. The molecule has 0 atom stereocenters. The highest BCUT2D eigenvalue weighted by molar-refractivity contribution is 5.94. The second-order valence-corrected chi connectivity index (χ2v) is 4.97. The molecule has 3 N–H and O–H groups in total. The first-order valence-corrected chi connectivity index (χ1v) is 6.31. The summed E-state index contributed by atoms with van der Waals surface area (Å²) in [5.74, 6) is 0.633. The number of nitrogens with one attached hydrogen (secondary N) is 1. The van der Waals surface area contributed by atoms with E-state index in [0.717, 1.165) is 12.8 Å². The van der Waals surface area contributed by atoms with E-state index >= 15 is 0 Å². The first-order valence-electron chi connectivity index (χ1n) is 6.31. The molecule has 0 heterocycles. The molecule has 0 radical (unpaired) electrons. The van der Waals surface area contributed by atoms with E-state index in [1.807, 2.05) is 12.1 Å². The largest absolute Gasteiger partial charge is 0.497 e. The lowest BCUT2D eigenvalue weighted by Crippen LogP contribution is -2.46. The van der Waals surface area contributed by atoms with Crippen LogP contribution in [0.5, 0.6) is 5.75 Å². The highest BCUT2D eigenvalue weighted by Crippen LogP contribution is 2.39. The topological polar surface area (TPSA) is 64.3 Å². The van der Waals surface area contributed by atoms with Crippen molar-refractivity contribution in [1.29, 1.82) is 0 Å². The average Bonchev–Trinajstić information content (AvgIpc) is 2.38. The number of amides is 1. The van der Waals surface area contributed by atoms with E-state index < -0.39 is 0 Å². The molecule has 0 saturated heterocycles. The first kappa shape index (κ1) is 12.9. The maximum absolute atomic E-state index is 12.0. The molecule has 1 amide bonds. The number of carbonyl (C=O) groups is 1. The van der Waals surface area contributed by atoms with Gasteiger partial charge in [0.05, 0.1) is 7.11 Å². The summed E-state index contributed by atoms with van der Waals surface area (Å²) < 4.78 is 5.10. The summed E-state index contributed by atoms with van der Waals surface area (Å²) in [6.07, 6.45) is 3.44. The van der Waals surface area contributed by atoms with Crippen LogP contribution in [0.3, 0.4) is 0 Å². The van der Waals surface area contributed by atoms with Crippen LogP contribution in [0.4, 0.5) is 0 Å². The van der Waals surface area contributed by atoms with Crippen LogP contribution < -0.4 is 15.8 Å². The molecule has 1 aliphatic rings. The Morgan fingerprint density at radius 2 is 2.28 bits per heavy atom. The van der Waals surface area contributed by atoms with Crippen LogP contribution in [0.2, 0.25) is 0 Å². The van der Waals surface area contributed by atoms with Gasteiger partial charge in [-0.1, -0.05) is 12.5 Å². The fraction of sp³-hybridized carbons (Fsp3) is 0.500. The summed E-state index contributed by atoms with van der Waals surface area (Å²) in [4.78, 5) is 12.0. The SMILES string of the molecule is COc1cccc(C(=O)NCC2(CN)CCC2)c1. The number of nitrogens with two attached hydrogens (primary N) is 1. The van der Waals surface area contributed by atoms with E-state index in [4.69, 9.17) is 10.5 Å². The third kappa shape index (κ3) is 2.64. The summed E-state index contributed by atoms with van der Waals surface area (Å²) >= 11 is 0. The number of ether oxygens (including phenoxy) is 1. The maximum Gasteiger partial charge on any atom is 0.251 e. The van der Waals surface area contributed by atoms with Gasteiger partial charge in [0.1, 0.15) is 5.75 Å². The minimum absolute atomic E-state index is 0.0615. The van der Waals surface area contributed by atoms with Crippen LogP contribution in [-0.2, 0) is 0 Å². The molecule has 1 saturated carbocycles. The lowest BCUT2D eigenvalue weighted by Gasteiger charge is -2.41. The Balaban J connectivity index is 1.95. The van der Waals surface area contributed by atoms with E-state index in [-0.39, 0.29) is 11.3 Å². The summed E-state index contributed by atoms with van der Waals surface area (Å²) in [7, 11) is 1.59. The quantitative estimate of drug-likeness (QED) is 0.831. The summed E-state index contributed by atoms with van der Waals surface area (Å²) in [6, 6.07) is 7.17. The Kier molecular flexibility index (Phi) is 3.87. The van der Waals surface area contributed by atoms with E-state index in [9.17, 15) is 4.79 Å². The van der Waals surface area contributed by atoms with Gasteiger partial charge in [0.25, 0.3) is 5.91 Å². The van der Waals surface area contributed by atoms with Crippen molar-refractivity contribution in [3.05, 3.63) is 29.8 Å². The summed E-state index contributed by atoms with van der Waals surface area (Å²) in [5.41, 5.74) is 6.53. The average molecular weight is 248 g/mol. The predicted molar refractivity (Wildman–Crippen MR) is 70.7 cm³/mol. The molecule has 1 aromatic rings. The third-order valence-electron chi connectivity index (χ3n) is 3.80. The Bertz CT molecular complexity index is 422. The van der Waals surface area contributed by atoms with Crippen LogP contribution in [0, 0.1) is 5.41 Å². The molecule has 1 aliphatic carbocycles. The normalized spacial score (nSPS) is 16.8. The number of benzene rings is 1. The monoisotopic (exact) mass is 248 g/mol. The Labute approximate surface area is 108 Å². The van der Waals surface area contributed by atoms with Crippen molar-refractivity contribution >= 4 is 5.91 Å². The van der Waals surface area contributed by atoms with Gasteiger partial charge in [-0.2, -0.15) is 0 Å². The minimum Gasteiger partial charge on any atom is -0.497 e. The van der Waals surface area contributed by atoms with Crippen molar-refractivity contribution in [3.63, 3.8) is 0 Å². The number of rotatable bonds is 5. The zero-order chi connectivity index (χ0) is 13.0. The van der Waals surface area contributed by atoms with Crippen LogP contribution in [0.1, 0.15) is 29.6 Å². The first-order chi connectivity index (χ1) is 8.69. The van der Waals surface area contributed by atoms with Crippen LogP contribution in [0.25, 0.3) is 0 Å². The molecule has 18 heavy (non-hydrogen) atoms. The van der Waals surface area contributed by atoms with Crippen LogP contribution in [0.15, 0.2) is 24.3 Å². The van der Waals surface area contributed by atoms with Crippen molar-refractivity contribution in [2.45, 2.75) is 19.3 Å². The van der Waals surface area contributed by atoms with Crippen molar-refractivity contribution < 1.29 is 9.53 Å². The van der Waals surface area contributed by atoms with Gasteiger partial charge in [-0.25, -0.2) is 0 Å². The molecule has 4 nitrogen and oxygen atoms in total. The maximum atomic E-state index is 12.0. The van der Waals surface area contributed by atoms with Gasteiger partial charge in [-0.3, -0.25) is 4.79 Å². The predicted octanol–water partition coefficient (Wildman–Crippen LogP) is 1.55.